The summed E-state index contributed by atoms with van der Waals surface area (Å²) in [6.45, 7) is 9.16. The van der Waals surface area contributed by atoms with Crippen molar-refractivity contribution < 1.29 is 19.4 Å². The number of aliphatic hydroxyl groups is 2. The number of aromatic amines is 1. The van der Waals surface area contributed by atoms with Crippen LogP contribution in [-0.4, -0.2) is 58.4 Å². The zero-order valence-electron chi connectivity index (χ0n) is 15.7. The number of nitrogens with one attached hydrogen (secondary N) is 1. The summed E-state index contributed by atoms with van der Waals surface area (Å²) in [6, 6.07) is 1.18. The number of alkyl halides is 1. The average molecular weight is 407 g/mol. The number of rotatable bonds is 5. The molecule has 2 rings (SSSR count). The molecule has 0 aromatic carbocycles. The van der Waals surface area contributed by atoms with Gasteiger partial charge >= 0.3 is 5.69 Å². The number of hydrogen-bond donors (Lipinski definition) is 3. The van der Waals surface area contributed by atoms with Gasteiger partial charge in [0.2, 0.25) is 0 Å². The van der Waals surface area contributed by atoms with Crippen molar-refractivity contribution in [3.8, 4) is 0 Å². The summed E-state index contributed by atoms with van der Waals surface area (Å²) < 4.78 is 13.3. The Labute approximate surface area is 157 Å². The summed E-state index contributed by atoms with van der Waals surface area (Å²) in [5.41, 5.74) is -2.69. The lowest BCUT2D eigenvalue weighted by atomic mass is 9.99. The van der Waals surface area contributed by atoms with E-state index in [1.54, 1.807) is 0 Å². The van der Waals surface area contributed by atoms with Crippen LogP contribution in [0, 0.1) is 0 Å². The third kappa shape index (κ3) is 3.69. The lowest BCUT2D eigenvalue weighted by Gasteiger charge is -2.42. The number of aromatic nitrogens is 2. The van der Waals surface area contributed by atoms with Gasteiger partial charge in [-0.3, -0.25) is 14.3 Å². The second-order valence-electron chi connectivity index (χ2n) is 8.15. The highest BCUT2D eigenvalue weighted by atomic mass is 35.5. The average Bonchev–Trinajstić information content (AvgIpc) is 2.80. The van der Waals surface area contributed by atoms with Gasteiger partial charge in [0.25, 0.3) is 5.56 Å². The molecule has 0 aliphatic carbocycles. The Hall–Kier alpha value is -0.973. The first-order chi connectivity index (χ1) is 11.9. The van der Waals surface area contributed by atoms with Crippen molar-refractivity contribution >= 4 is 19.9 Å². The van der Waals surface area contributed by atoms with Crippen LogP contribution in [0.3, 0.4) is 0 Å². The SMILES string of the molecule is CC(C)(C)[Si](C)(C)O[C@H]1[C@H](Cl)[C@H](n2ccc(=O)[nH]c2=O)OC1(CO)CO. The van der Waals surface area contributed by atoms with Crippen LogP contribution in [0.15, 0.2) is 21.9 Å². The van der Waals surface area contributed by atoms with Gasteiger partial charge in [-0.05, 0) is 18.1 Å². The van der Waals surface area contributed by atoms with E-state index in [9.17, 15) is 19.8 Å². The molecule has 0 unspecified atom stereocenters. The van der Waals surface area contributed by atoms with Gasteiger partial charge in [-0.1, -0.05) is 20.8 Å². The largest absolute Gasteiger partial charge is 0.409 e. The summed E-state index contributed by atoms with van der Waals surface area (Å²) in [7, 11) is -2.32. The molecule has 0 bridgehead atoms. The summed E-state index contributed by atoms with van der Waals surface area (Å²) in [4.78, 5) is 25.6. The summed E-state index contributed by atoms with van der Waals surface area (Å²) in [6.07, 6.45) is -0.561. The minimum absolute atomic E-state index is 0.132. The second kappa shape index (κ2) is 7.21. The van der Waals surface area contributed by atoms with E-state index < -0.39 is 56.1 Å². The Morgan fingerprint density at radius 3 is 2.38 bits per heavy atom. The van der Waals surface area contributed by atoms with Crippen molar-refractivity contribution in [2.75, 3.05) is 13.2 Å². The van der Waals surface area contributed by atoms with E-state index in [1.807, 2.05) is 13.1 Å². The molecule has 3 atom stereocenters. The minimum atomic E-state index is -2.32. The highest BCUT2D eigenvalue weighted by Crippen LogP contribution is 2.46. The molecule has 1 fully saturated rings. The topological polar surface area (TPSA) is 114 Å². The molecule has 148 valence electrons. The fraction of sp³-hybridized carbons (Fsp3) is 0.750. The van der Waals surface area contributed by atoms with Crippen molar-refractivity contribution in [3.05, 3.63) is 33.1 Å². The Balaban J connectivity index is 2.46. The Morgan fingerprint density at radius 2 is 1.92 bits per heavy atom. The summed E-state index contributed by atoms with van der Waals surface area (Å²) >= 11 is 6.59. The third-order valence-electron chi connectivity index (χ3n) is 5.32. The fourth-order valence-corrected chi connectivity index (χ4v) is 4.51. The molecule has 1 aromatic heterocycles. The number of aliphatic hydroxyl groups excluding tert-OH is 2. The van der Waals surface area contributed by atoms with Gasteiger partial charge in [0.1, 0.15) is 11.0 Å². The number of hydrogen-bond acceptors (Lipinski definition) is 6. The molecule has 8 nitrogen and oxygen atoms in total. The molecule has 10 heteroatoms. The van der Waals surface area contributed by atoms with Gasteiger partial charge in [-0.25, -0.2) is 4.79 Å². The van der Waals surface area contributed by atoms with Gasteiger partial charge in [0, 0.05) is 12.3 Å². The van der Waals surface area contributed by atoms with E-state index in [-0.39, 0.29) is 5.04 Å². The van der Waals surface area contributed by atoms with Gasteiger partial charge in [-0.2, -0.15) is 0 Å². The van der Waals surface area contributed by atoms with Crippen LogP contribution in [-0.2, 0) is 9.16 Å². The molecular formula is C16H27ClN2O6Si. The van der Waals surface area contributed by atoms with Crippen LogP contribution in [0.5, 0.6) is 0 Å². The number of H-pyrrole nitrogens is 1. The predicted molar refractivity (Wildman–Crippen MR) is 100 cm³/mol. The molecule has 0 spiro atoms. The van der Waals surface area contributed by atoms with Crippen molar-refractivity contribution in [1.29, 1.82) is 0 Å². The van der Waals surface area contributed by atoms with Crippen molar-refractivity contribution in [1.82, 2.24) is 9.55 Å². The zero-order chi connectivity index (χ0) is 19.9. The maximum atomic E-state index is 12.1. The maximum Gasteiger partial charge on any atom is 0.330 e. The van der Waals surface area contributed by atoms with Crippen LogP contribution < -0.4 is 11.2 Å². The van der Waals surface area contributed by atoms with E-state index in [0.717, 1.165) is 4.57 Å². The van der Waals surface area contributed by atoms with E-state index >= 15 is 0 Å². The van der Waals surface area contributed by atoms with E-state index in [4.69, 9.17) is 20.8 Å². The van der Waals surface area contributed by atoms with Crippen LogP contribution >= 0.6 is 11.6 Å². The number of ether oxygens (including phenoxy) is 1. The second-order valence-corrected chi connectivity index (χ2v) is 13.4. The normalized spacial score (nSPS) is 26.2. The molecule has 1 aliphatic heterocycles. The maximum absolute atomic E-state index is 12.1. The van der Waals surface area contributed by atoms with Gasteiger partial charge in [-0.15, -0.1) is 11.6 Å². The first-order valence-corrected chi connectivity index (χ1v) is 11.8. The minimum Gasteiger partial charge on any atom is -0.409 e. The number of nitrogens with zero attached hydrogens (tertiary/aromatic N) is 1. The molecule has 1 saturated heterocycles. The Bertz CT molecular complexity index is 752. The Kier molecular flexibility index (Phi) is 5.92. The van der Waals surface area contributed by atoms with Crippen LogP contribution in [0.25, 0.3) is 0 Å². The summed E-state index contributed by atoms with van der Waals surface area (Å²) in [5.74, 6) is 0. The molecule has 0 amide bonds. The van der Waals surface area contributed by atoms with E-state index in [0.29, 0.717) is 0 Å². The standard InChI is InChI=1S/C16H27ClN2O6Si/c1-15(2,3)26(4,5)25-12-11(17)13(24-16(12,8-20)9-21)19-7-6-10(22)18-14(19)23/h6-7,11-13,20-21H,8-9H2,1-5H3,(H,18,22,23)/t11-,12-,13+/m0/s1. The monoisotopic (exact) mass is 406 g/mol. The van der Waals surface area contributed by atoms with Gasteiger partial charge in [0.05, 0.1) is 19.3 Å². The highest BCUT2D eigenvalue weighted by Gasteiger charge is 2.58. The first kappa shape index (κ1) is 21.3. The van der Waals surface area contributed by atoms with E-state index in [1.165, 1.54) is 12.3 Å². The molecule has 26 heavy (non-hydrogen) atoms. The van der Waals surface area contributed by atoms with Crippen molar-refractivity contribution in [3.63, 3.8) is 0 Å². The van der Waals surface area contributed by atoms with E-state index in [2.05, 4.69) is 25.8 Å². The lowest BCUT2D eigenvalue weighted by Crippen LogP contribution is -2.56. The quantitative estimate of drug-likeness (QED) is 0.492. The molecule has 1 aliphatic rings. The smallest absolute Gasteiger partial charge is 0.330 e. The van der Waals surface area contributed by atoms with Crippen molar-refractivity contribution in [2.24, 2.45) is 0 Å². The fourth-order valence-electron chi connectivity index (χ4n) is 2.62. The molecule has 0 saturated carbocycles. The predicted octanol–water partition coefficient (Wildman–Crippen LogP) is 0.787. The van der Waals surface area contributed by atoms with Gasteiger partial charge < -0.3 is 19.4 Å². The number of halogens is 1. The molecule has 2 heterocycles. The van der Waals surface area contributed by atoms with Crippen molar-refractivity contribution in [2.45, 2.75) is 62.2 Å². The Morgan fingerprint density at radius 1 is 1.35 bits per heavy atom. The first-order valence-electron chi connectivity index (χ1n) is 8.41. The highest BCUT2D eigenvalue weighted by molar-refractivity contribution is 6.74. The molecular weight excluding hydrogens is 380 g/mol. The van der Waals surface area contributed by atoms with Gasteiger partial charge in [0.15, 0.2) is 14.5 Å². The molecule has 1 aromatic rings. The zero-order valence-corrected chi connectivity index (χ0v) is 17.4. The summed E-state index contributed by atoms with van der Waals surface area (Å²) in [5, 5.41) is 18.9. The van der Waals surface area contributed by atoms with Crippen LogP contribution in [0.2, 0.25) is 18.1 Å². The lowest BCUT2D eigenvalue weighted by molar-refractivity contribution is -0.147. The van der Waals surface area contributed by atoms with Crippen LogP contribution in [0.4, 0.5) is 0 Å². The third-order valence-corrected chi connectivity index (χ3v) is 10.2. The van der Waals surface area contributed by atoms with Crippen LogP contribution in [0.1, 0.15) is 27.0 Å². The molecule has 3 N–H and O–H groups in total. The molecule has 0 radical (unpaired) electrons.